The van der Waals surface area contributed by atoms with E-state index in [4.69, 9.17) is 0 Å². The second-order valence-corrected chi connectivity index (χ2v) is 13.4. The van der Waals surface area contributed by atoms with E-state index < -0.39 is 5.82 Å². The third-order valence-corrected chi connectivity index (χ3v) is 9.62. The van der Waals surface area contributed by atoms with E-state index >= 15 is 4.39 Å². The van der Waals surface area contributed by atoms with Gasteiger partial charge in [-0.15, -0.1) is 0 Å². The fourth-order valence-electron chi connectivity index (χ4n) is 9.19. The monoisotopic (exact) mass is 512 g/mol. The highest BCUT2D eigenvalue weighted by Gasteiger charge is 2.60. The van der Waals surface area contributed by atoms with Crippen LogP contribution in [0.5, 0.6) is 0 Å². The van der Waals surface area contributed by atoms with Crippen LogP contribution in [0, 0.1) is 28.5 Å². The van der Waals surface area contributed by atoms with Gasteiger partial charge in [0.15, 0.2) is 0 Å². The molecule has 6 rings (SSSR count). The van der Waals surface area contributed by atoms with Crippen LogP contribution in [0.15, 0.2) is 18.2 Å². The molecular formula is C30H45FN4O2. The van der Waals surface area contributed by atoms with Crippen LogP contribution in [0.25, 0.3) is 0 Å². The van der Waals surface area contributed by atoms with E-state index in [1.54, 1.807) is 6.07 Å². The summed E-state index contributed by atoms with van der Waals surface area (Å²) >= 11 is 0. The molecule has 37 heavy (non-hydrogen) atoms. The van der Waals surface area contributed by atoms with Crippen molar-refractivity contribution in [1.29, 1.82) is 0 Å². The van der Waals surface area contributed by atoms with Crippen molar-refractivity contribution < 1.29 is 14.0 Å². The first-order chi connectivity index (χ1) is 17.5. The third kappa shape index (κ3) is 5.52. The molecule has 2 N–H and O–H groups in total. The Kier molecular flexibility index (Phi) is 7.05. The lowest BCUT2D eigenvalue weighted by Crippen LogP contribution is -2.65. The highest BCUT2D eigenvalue weighted by Crippen LogP contribution is 2.66. The van der Waals surface area contributed by atoms with Gasteiger partial charge in [0.25, 0.3) is 0 Å². The Hall–Kier alpha value is -2.15. The largest absolute Gasteiger partial charge is 0.343 e. The van der Waals surface area contributed by atoms with E-state index in [9.17, 15) is 9.59 Å². The van der Waals surface area contributed by atoms with Crippen molar-refractivity contribution in [2.75, 3.05) is 31.5 Å². The Morgan fingerprint density at radius 2 is 1.78 bits per heavy atom. The van der Waals surface area contributed by atoms with Gasteiger partial charge in [-0.1, -0.05) is 19.9 Å². The zero-order valence-corrected chi connectivity index (χ0v) is 23.2. The topological polar surface area (TPSA) is 64.7 Å². The van der Waals surface area contributed by atoms with Crippen molar-refractivity contribution in [3.8, 4) is 0 Å². The number of halogens is 1. The van der Waals surface area contributed by atoms with E-state index in [2.05, 4.69) is 29.4 Å². The number of anilines is 1. The van der Waals surface area contributed by atoms with Gasteiger partial charge in [0.2, 0.25) is 5.91 Å². The fourth-order valence-corrected chi connectivity index (χ4v) is 9.19. The van der Waals surface area contributed by atoms with Crippen molar-refractivity contribution in [2.45, 2.75) is 91.1 Å². The average Bonchev–Trinajstić information content (AvgIpc) is 2.79. The van der Waals surface area contributed by atoms with Crippen LogP contribution in [0.2, 0.25) is 0 Å². The van der Waals surface area contributed by atoms with Crippen LogP contribution in [-0.2, 0) is 11.3 Å². The van der Waals surface area contributed by atoms with E-state index in [1.165, 1.54) is 25.3 Å². The van der Waals surface area contributed by atoms with Gasteiger partial charge < -0.3 is 15.5 Å². The summed E-state index contributed by atoms with van der Waals surface area (Å²) < 4.78 is 15.1. The number of urea groups is 1. The summed E-state index contributed by atoms with van der Waals surface area (Å²) in [6.07, 6.45) is 8.76. The van der Waals surface area contributed by atoms with Crippen molar-refractivity contribution in [3.05, 3.63) is 29.6 Å². The minimum absolute atomic E-state index is 0.0113. The molecule has 3 amide bonds. The van der Waals surface area contributed by atoms with Crippen LogP contribution in [0.1, 0.15) is 84.6 Å². The molecule has 0 spiro atoms. The van der Waals surface area contributed by atoms with E-state index in [0.29, 0.717) is 29.8 Å². The molecule has 4 aliphatic carbocycles. The van der Waals surface area contributed by atoms with Gasteiger partial charge in [-0.2, -0.15) is 0 Å². The van der Waals surface area contributed by atoms with Crippen molar-refractivity contribution in [1.82, 2.24) is 15.1 Å². The lowest BCUT2D eigenvalue weighted by atomic mass is 9.43. The Morgan fingerprint density at radius 1 is 1.08 bits per heavy atom. The maximum Gasteiger partial charge on any atom is 0.319 e. The van der Waals surface area contributed by atoms with Crippen LogP contribution in [0.4, 0.5) is 14.9 Å². The number of carbonyl (C=O) groups is 2. The van der Waals surface area contributed by atoms with E-state index in [-0.39, 0.29) is 29.1 Å². The maximum atomic E-state index is 15.1. The highest BCUT2D eigenvalue weighted by molar-refractivity contribution is 5.90. The van der Waals surface area contributed by atoms with Crippen LogP contribution < -0.4 is 10.6 Å². The first-order valence-corrected chi connectivity index (χ1v) is 14.4. The molecule has 1 heterocycles. The van der Waals surface area contributed by atoms with Gasteiger partial charge in [0.1, 0.15) is 5.82 Å². The summed E-state index contributed by atoms with van der Waals surface area (Å²) in [7, 11) is 0. The summed E-state index contributed by atoms with van der Waals surface area (Å²) in [6, 6.07) is 4.80. The summed E-state index contributed by atoms with van der Waals surface area (Å²) in [6.45, 7) is 12.5. The van der Waals surface area contributed by atoms with Gasteiger partial charge >= 0.3 is 6.03 Å². The van der Waals surface area contributed by atoms with Gasteiger partial charge in [-0.25, -0.2) is 9.18 Å². The lowest BCUT2D eigenvalue weighted by Gasteiger charge is -2.65. The standard InChI is InChI=1S/C30H45FN4O2/c1-5-35(6-2)26(36)23-8-7-11-34(17-23)16-21-9-10-25(24(31)12-21)32-27(37)33-30-15-22-13-28(3,19-30)18-29(4,14-22)20-30/h9-10,12,22-23H,5-8,11,13-20H2,1-4H3,(H2,32,33,37)/t22?,23?,28-,29+,30?. The number of rotatable bonds is 7. The number of likely N-dealkylation sites (tertiary alicyclic amines) is 1. The Morgan fingerprint density at radius 3 is 2.41 bits per heavy atom. The SMILES string of the molecule is CCN(CC)C(=O)C1CCCN(Cc2ccc(NC(=O)NC34CC5C[C@@](C)(C3)C[C@](C)(C5)C4)c(F)c2)C1. The molecule has 1 saturated heterocycles. The number of amides is 3. The molecule has 4 saturated carbocycles. The molecule has 204 valence electrons. The Bertz CT molecular complexity index is 1020. The number of benzene rings is 1. The average molecular weight is 513 g/mol. The molecule has 6 nitrogen and oxygen atoms in total. The van der Waals surface area contributed by atoms with E-state index in [0.717, 1.165) is 57.3 Å². The minimum atomic E-state index is -0.412. The Labute approximate surface area is 221 Å². The van der Waals surface area contributed by atoms with E-state index in [1.807, 2.05) is 24.8 Å². The van der Waals surface area contributed by atoms with Gasteiger partial charge in [0.05, 0.1) is 11.6 Å². The quantitative estimate of drug-likeness (QED) is 0.487. The normalized spacial score (nSPS) is 34.8. The maximum absolute atomic E-state index is 15.1. The number of nitrogens with one attached hydrogen (secondary N) is 2. The molecular weight excluding hydrogens is 467 g/mol. The van der Waals surface area contributed by atoms with Crippen molar-refractivity contribution in [2.24, 2.45) is 22.7 Å². The zero-order valence-electron chi connectivity index (χ0n) is 23.2. The number of hydrogen-bond donors (Lipinski definition) is 2. The number of nitrogens with zero attached hydrogens (tertiary/aromatic N) is 2. The fraction of sp³-hybridized carbons (Fsp3) is 0.733. The van der Waals surface area contributed by atoms with Gasteiger partial charge in [-0.05, 0) is 106 Å². The van der Waals surface area contributed by atoms with Crippen molar-refractivity contribution in [3.63, 3.8) is 0 Å². The minimum Gasteiger partial charge on any atom is -0.343 e. The predicted molar refractivity (Wildman–Crippen MR) is 145 cm³/mol. The van der Waals surface area contributed by atoms with Crippen LogP contribution >= 0.6 is 0 Å². The molecule has 1 aliphatic heterocycles. The molecule has 5 atom stereocenters. The summed E-state index contributed by atoms with van der Waals surface area (Å²) in [5.74, 6) is 0.509. The molecule has 3 unspecified atom stereocenters. The molecule has 1 aromatic rings. The third-order valence-electron chi connectivity index (χ3n) is 9.62. The Balaban J connectivity index is 1.18. The summed E-state index contributed by atoms with van der Waals surface area (Å²) in [5, 5.41) is 6.10. The van der Waals surface area contributed by atoms with Crippen molar-refractivity contribution >= 4 is 17.6 Å². The van der Waals surface area contributed by atoms with Gasteiger partial charge in [0, 0.05) is 31.7 Å². The first-order valence-electron chi connectivity index (χ1n) is 14.4. The second-order valence-electron chi connectivity index (χ2n) is 13.4. The summed E-state index contributed by atoms with van der Waals surface area (Å²) in [5.41, 5.74) is 1.52. The summed E-state index contributed by atoms with van der Waals surface area (Å²) in [4.78, 5) is 30.0. The molecule has 0 aromatic heterocycles. The molecule has 5 aliphatic rings. The number of carbonyl (C=O) groups excluding carboxylic acids is 2. The first kappa shape index (κ1) is 26.5. The van der Waals surface area contributed by atoms with Gasteiger partial charge in [-0.3, -0.25) is 9.69 Å². The number of piperidine rings is 1. The van der Waals surface area contributed by atoms with Crippen LogP contribution in [0.3, 0.4) is 0 Å². The molecule has 1 aromatic carbocycles. The number of hydrogen-bond acceptors (Lipinski definition) is 3. The lowest BCUT2D eigenvalue weighted by molar-refractivity contribution is -0.137. The zero-order chi connectivity index (χ0) is 26.4. The molecule has 7 heteroatoms. The highest BCUT2D eigenvalue weighted by atomic mass is 19.1. The molecule has 5 fully saturated rings. The molecule has 4 bridgehead atoms. The second kappa shape index (κ2) is 9.87. The molecule has 0 radical (unpaired) electrons. The smallest absolute Gasteiger partial charge is 0.319 e. The van der Waals surface area contributed by atoms with Crippen LogP contribution in [-0.4, -0.2) is 53.5 Å². The predicted octanol–water partition coefficient (Wildman–Crippen LogP) is 5.78.